The number of hydrogen-bond donors (Lipinski definition) is 2. The van der Waals surface area contributed by atoms with Crippen LogP contribution in [0.1, 0.15) is 65.4 Å². The minimum absolute atomic E-state index is 0.119. The quantitative estimate of drug-likeness (QED) is 0.536. The van der Waals surface area contributed by atoms with Gasteiger partial charge in [0.05, 0.1) is 0 Å². The van der Waals surface area contributed by atoms with Gasteiger partial charge in [-0.05, 0) is 83.5 Å². The second kappa shape index (κ2) is 8.96. The summed E-state index contributed by atoms with van der Waals surface area (Å²) in [5.74, 6) is 0.689. The lowest BCUT2D eigenvalue weighted by atomic mass is 9.80. The summed E-state index contributed by atoms with van der Waals surface area (Å²) in [6.45, 7) is 11.1. The van der Waals surface area contributed by atoms with Gasteiger partial charge >= 0.3 is 0 Å². The molecule has 2 N–H and O–H groups in total. The van der Waals surface area contributed by atoms with Crippen molar-refractivity contribution in [2.45, 2.75) is 83.5 Å². The van der Waals surface area contributed by atoms with Gasteiger partial charge in [0.1, 0.15) is 0 Å². The smallest absolute Gasteiger partial charge is 0.169 e. The highest BCUT2D eigenvalue weighted by Crippen LogP contribution is 2.29. The van der Waals surface area contributed by atoms with E-state index in [-0.39, 0.29) is 11.1 Å². The van der Waals surface area contributed by atoms with Crippen LogP contribution in [-0.2, 0) is 6.54 Å². The molecule has 1 atom stereocenters. The molecule has 1 heterocycles. The molecular weight excluding hydrogens is 362 g/mol. The topological polar surface area (TPSA) is 27.3 Å². The first-order valence-corrected chi connectivity index (χ1v) is 11.2. The van der Waals surface area contributed by atoms with E-state index in [9.17, 15) is 0 Å². The van der Waals surface area contributed by atoms with Crippen molar-refractivity contribution in [3.63, 3.8) is 0 Å². The van der Waals surface area contributed by atoms with Crippen molar-refractivity contribution in [3.05, 3.63) is 48.0 Å². The first kappa shape index (κ1) is 21.3. The van der Waals surface area contributed by atoms with Crippen LogP contribution in [0.4, 0.5) is 0 Å². The number of benzene rings is 1. The Morgan fingerprint density at radius 1 is 1.11 bits per heavy atom. The molecule has 0 spiro atoms. The summed E-state index contributed by atoms with van der Waals surface area (Å²) in [5.41, 5.74) is 1.56. The number of hydrogen-bond acceptors (Lipinski definition) is 2. The fraction of sp³-hybridized carbons (Fsp3) is 0.625. The zero-order valence-electron chi connectivity index (χ0n) is 18.0. The highest BCUT2D eigenvalue weighted by atomic mass is 32.1. The lowest BCUT2D eigenvalue weighted by Gasteiger charge is -2.47. The number of allylic oxidation sites excluding steroid dienone is 2. The van der Waals surface area contributed by atoms with Gasteiger partial charge in [-0.15, -0.1) is 0 Å². The number of rotatable bonds is 5. The van der Waals surface area contributed by atoms with Crippen LogP contribution in [0, 0.1) is 5.92 Å². The molecule has 1 fully saturated rings. The molecule has 154 valence electrons. The predicted octanol–water partition coefficient (Wildman–Crippen LogP) is 5.03. The van der Waals surface area contributed by atoms with E-state index in [1.54, 1.807) is 0 Å². The molecule has 1 aromatic rings. The van der Waals surface area contributed by atoms with Crippen LogP contribution in [0.5, 0.6) is 0 Å². The van der Waals surface area contributed by atoms with Crippen molar-refractivity contribution in [1.29, 1.82) is 0 Å². The molecule has 1 aliphatic carbocycles. The zero-order valence-corrected chi connectivity index (χ0v) is 18.8. The van der Waals surface area contributed by atoms with Crippen LogP contribution in [0.2, 0.25) is 0 Å². The molecule has 28 heavy (non-hydrogen) atoms. The second-order valence-corrected chi connectivity index (χ2v) is 10.4. The predicted molar refractivity (Wildman–Crippen MR) is 123 cm³/mol. The summed E-state index contributed by atoms with van der Waals surface area (Å²) < 4.78 is 0. The highest BCUT2D eigenvalue weighted by molar-refractivity contribution is 7.80. The molecule has 1 saturated heterocycles. The van der Waals surface area contributed by atoms with Crippen molar-refractivity contribution in [3.8, 4) is 0 Å². The number of nitrogens with one attached hydrogen (secondary N) is 2. The molecule has 4 heteroatoms. The highest BCUT2D eigenvalue weighted by Gasteiger charge is 2.38. The SMILES string of the molecule is CC1(C)CC(NC(=S)N(Cc2ccccc2)CC2CC=CCC2)CC(C)(C)N1. The first-order chi connectivity index (χ1) is 13.2. The monoisotopic (exact) mass is 399 g/mol. The van der Waals surface area contributed by atoms with Gasteiger partial charge in [0.15, 0.2) is 5.11 Å². The summed E-state index contributed by atoms with van der Waals surface area (Å²) in [5, 5.41) is 8.42. The molecular formula is C24H37N3S. The molecule has 2 aliphatic rings. The average Bonchev–Trinajstić information content (AvgIpc) is 2.60. The Labute approximate surface area is 177 Å². The maximum Gasteiger partial charge on any atom is 0.169 e. The van der Waals surface area contributed by atoms with Crippen molar-refractivity contribution >= 4 is 17.3 Å². The van der Waals surface area contributed by atoms with Crippen molar-refractivity contribution < 1.29 is 0 Å². The number of nitrogens with zero attached hydrogens (tertiary/aromatic N) is 1. The molecule has 0 saturated carbocycles. The summed E-state index contributed by atoms with van der Waals surface area (Å²) in [7, 11) is 0. The van der Waals surface area contributed by atoms with E-state index >= 15 is 0 Å². The van der Waals surface area contributed by atoms with E-state index < -0.39 is 0 Å². The van der Waals surface area contributed by atoms with Gasteiger partial charge in [-0.25, -0.2) is 0 Å². The van der Waals surface area contributed by atoms with Crippen LogP contribution in [-0.4, -0.2) is 33.7 Å². The Morgan fingerprint density at radius 2 is 1.79 bits per heavy atom. The van der Waals surface area contributed by atoms with Crippen LogP contribution in [0.15, 0.2) is 42.5 Å². The van der Waals surface area contributed by atoms with Gasteiger partial charge in [0.25, 0.3) is 0 Å². The summed E-state index contributed by atoms with van der Waals surface area (Å²) in [4.78, 5) is 2.40. The third kappa shape index (κ3) is 6.31. The fourth-order valence-corrected chi connectivity index (χ4v) is 5.35. The van der Waals surface area contributed by atoms with Gasteiger partial charge in [-0.2, -0.15) is 0 Å². The average molecular weight is 400 g/mol. The standard InChI is InChI=1S/C24H37N3S/c1-23(2)15-21(16-24(3,4)26-23)25-22(28)27(17-19-11-7-5-8-12-19)18-20-13-9-6-10-14-20/h5-9,11-12,20-21,26H,10,13-18H2,1-4H3,(H,25,28). The molecule has 0 bridgehead atoms. The fourth-order valence-electron chi connectivity index (χ4n) is 5.05. The van der Waals surface area contributed by atoms with Crippen LogP contribution >= 0.6 is 12.2 Å². The Morgan fingerprint density at radius 3 is 2.39 bits per heavy atom. The van der Waals surface area contributed by atoms with Gasteiger partial charge < -0.3 is 15.5 Å². The molecule has 1 aromatic carbocycles. The minimum atomic E-state index is 0.119. The van der Waals surface area contributed by atoms with Crippen molar-refractivity contribution in [1.82, 2.24) is 15.5 Å². The number of thiocarbonyl (C=S) groups is 1. The van der Waals surface area contributed by atoms with Gasteiger partial charge in [-0.3, -0.25) is 0 Å². The molecule has 0 aromatic heterocycles. The molecule has 0 radical (unpaired) electrons. The lowest BCUT2D eigenvalue weighted by molar-refractivity contribution is 0.153. The largest absolute Gasteiger partial charge is 0.360 e. The second-order valence-electron chi connectivity index (χ2n) is 9.96. The maximum atomic E-state index is 5.95. The van der Waals surface area contributed by atoms with E-state index in [0.29, 0.717) is 12.0 Å². The van der Waals surface area contributed by atoms with Crippen LogP contribution < -0.4 is 10.6 Å². The summed E-state index contributed by atoms with van der Waals surface area (Å²) >= 11 is 5.95. The van der Waals surface area contributed by atoms with Crippen LogP contribution in [0.25, 0.3) is 0 Å². The third-order valence-electron chi connectivity index (χ3n) is 5.88. The first-order valence-electron chi connectivity index (χ1n) is 10.8. The molecule has 1 unspecified atom stereocenters. The van der Waals surface area contributed by atoms with Gasteiger partial charge in [0.2, 0.25) is 0 Å². The van der Waals surface area contributed by atoms with E-state index in [4.69, 9.17) is 12.2 Å². The van der Waals surface area contributed by atoms with Crippen molar-refractivity contribution in [2.75, 3.05) is 6.54 Å². The Kier molecular flexibility index (Phi) is 6.82. The molecule has 3 rings (SSSR count). The van der Waals surface area contributed by atoms with E-state index in [0.717, 1.165) is 31.0 Å². The Hall–Kier alpha value is -1.39. The lowest BCUT2D eigenvalue weighted by Crippen LogP contribution is -2.63. The van der Waals surface area contributed by atoms with Crippen LogP contribution in [0.3, 0.4) is 0 Å². The summed E-state index contributed by atoms with van der Waals surface area (Å²) in [6, 6.07) is 11.1. The van der Waals surface area contributed by atoms with E-state index in [1.165, 1.54) is 24.8 Å². The van der Waals surface area contributed by atoms with Gasteiger partial charge in [-0.1, -0.05) is 42.5 Å². The summed E-state index contributed by atoms with van der Waals surface area (Å²) in [6.07, 6.45) is 10.4. The zero-order chi connectivity index (χ0) is 20.2. The minimum Gasteiger partial charge on any atom is -0.360 e. The van der Waals surface area contributed by atoms with E-state index in [2.05, 4.69) is 85.7 Å². The molecule has 1 aliphatic heterocycles. The third-order valence-corrected chi connectivity index (χ3v) is 6.25. The number of piperidine rings is 1. The molecule has 0 amide bonds. The normalized spacial score (nSPS) is 23.9. The van der Waals surface area contributed by atoms with Gasteiger partial charge in [0, 0.05) is 30.2 Å². The van der Waals surface area contributed by atoms with Crippen molar-refractivity contribution in [2.24, 2.45) is 5.92 Å². The Bertz CT molecular complexity index is 664. The molecule has 3 nitrogen and oxygen atoms in total. The maximum absolute atomic E-state index is 5.95. The Balaban J connectivity index is 1.69. The van der Waals surface area contributed by atoms with E-state index in [1.807, 2.05) is 0 Å².